The van der Waals surface area contributed by atoms with Crippen LogP contribution in [0.4, 0.5) is 0 Å². The molecule has 2 aromatic carbocycles. The standard InChI is InChI=1S/C11H12N2O2.C9H11NO3.C5H9NO2.C4H8N2O3.C4H9NO3.C3H7NO3/c12-9(11(14)15)5-7-6-13-10-4-2-1-3-8(7)10;10-8(9(12)13)5-6-1-3-7(11)4-2-6;7-5(8)4-2-1-3-6-4;5-2(4(8)9)1-3(6)7;1-2(6)3(5)4(7)8;4-2(1-5)3(6)7/h1-4,6,9,13H,5,12H2,(H,14,15);1-4,8,11H,5,10H2,(H,12,13);4,6H,1-3H2,(H,7,8);2H,1,5H2,(H2,6,7)(H,8,9);2-3,6H,5H2,1H3,(H,7,8);2,5H,1,4H2,(H,6,7)/t;;4-;;;/m..0.../s1. The van der Waals surface area contributed by atoms with Gasteiger partial charge in [-0.25, -0.2) is 0 Å². The molecule has 0 spiro atoms. The van der Waals surface area contributed by atoms with Crippen LogP contribution in [-0.2, 0) is 46.4 Å². The number of fused-ring (bicyclic) bond motifs is 1. The number of aliphatic hydroxyl groups is 2. The van der Waals surface area contributed by atoms with Crippen molar-refractivity contribution in [2.24, 2.45) is 34.4 Å². The number of carbonyl (C=O) groups is 7. The van der Waals surface area contributed by atoms with Crippen molar-refractivity contribution in [3.8, 4) is 5.75 Å². The number of primary amides is 1. The molecular weight excluding hydrogens is 800 g/mol. The van der Waals surface area contributed by atoms with Crippen LogP contribution in [0.5, 0.6) is 5.75 Å². The second kappa shape index (κ2) is 29.9. The van der Waals surface area contributed by atoms with Crippen molar-refractivity contribution in [1.82, 2.24) is 10.3 Å². The lowest BCUT2D eigenvalue weighted by molar-refractivity contribution is -0.141. The number of aromatic amines is 1. The molecule has 1 aliphatic rings. The number of carbonyl (C=O) groups excluding carboxylic acids is 1. The maximum absolute atomic E-state index is 10.6. The largest absolute Gasteiger partial charge is 0.508 e. The minimum atomic E-state index is -1.21. The van der Waals surface area contributed by atoms with Crippen molar-refractivity contribution in [3.63, 3.8) is 0 Å². The van der Waals surface area contributed by atoms with Crippen LogP contribution in [0.2, 0.25) is 0 Å². The smallest absolute Gasteiger partial charge is 0.323 e. The lowest BCUT2D eigenvalue weighted by Gasteiger charge is -2.06. The highest BCUT2D eigenvalue weighted by molar-refractivity contribution is 5.84. The maximum atomic E-state index is 10.6. The number of H-pyrrole nitrogens is 1. The van der Waals surface area contributed by atoms with E-state index in [9.17, 15) is 33.6 Å². The Hall–Kier alpha value is -6.25. The normalized spacial score (nSPS) is 15.4. The van der Waals surface area contributed by atoms with Crippen molar-refractivity contribution in [2.75, 3.05) is 13.2 Å². The molecule has 1 fully saturated rings. The van der Waals surface area contributed by atoms with Crippen molar-refractivity contribution in [3.05, 3.63) is 65.9 Å². The van der Waals surface area contributed by atoms with Gasteiger partial charge in [-0.2, -0.15) is 0 Å². The van der Waals surface area contributed by atoms with E-state index in [1.54, 1.807) is 12.1 Å². The van der Waals surface area contributed by atoms with Gasteiger partial charge in [0.1, 0.15) is 42.0 Å². The van der Waals surface area contributed by atoms with E-state index < -0.39 is 84.6 Å². The number of phenols is 1. The number of aliphatic hydroxyl groups excluding tert-OH is 2. The van der Waals surface area contributed by atoms with E-state index in [1.807, 2.05) is 30.5 Å². The molecule has 336 valence electrons. The summed E-state index contributed by atoms with van der Waals surface area (Å²) in [5.41, 5.74) is 32.8. The van der Waals surface area contributed by atoms with Crippen LogP contribution < -0.4 is 39.7 Å². The van der Waals surface area contributed by atoms with Crippen molar-refractivity contribution >= 4 is 52.6 Å². The summed E-state index contributed by atoms with van der Waals surface area (Å²) in [5, 5.41) is 79.0. The number of carboxylic acids is 6. The number of aromatic hydroxyl groups is 1. The highest BCUT2D eigenvalue weighted by atomic mass is 16.4. The Labute approximate surface area is 342 Å². The van der Waals surface area contributed by atoms with Gasteiger partial charge < -0.3 is 90.7 Å². The fraction of sp³-hybridized carbons (Fsp3) is 0.417. The van der Waals surface area contributed by atoms with E-state index in [1.165, 1.54) is 19.1 Å². The van der Waals surface area contributed by atoms with E-state index in [0.717, 1.165) is 41.4 Å². The first kappa shape index (κ1) is 55.8. The molecule has 2 heterocycles. The molecule has 23 N–H and O–H groups in total. The van der Waals surface area contributed by atoms with Crippen LogP contribution in [0.3, 0.4) is 0 Å². The minimum Gasteiger partial charge on any atom is -0.508 e. The lowest BCUT2D eigenvalue weighted by Crippen LogP contribution is -2.39. The zero-order chi connectivity index (χ0) is 46.7. The summed E-state index contributed by atoms with van der Waals surface area (Å²) in [4.78, 5) is 73.6. The average molecular weight is 857 g/mol. The summed E-state index contributed by atoms with van der Waals surface area (Å²) in [6.07, 6.45) is 2.93. The molecule has 0 aliphatic carbocycles. The second-order valence-corrected chi connectivity index (χ2v) is 12.7. The summed E-state index contributed by atoms with van der Waals surface area (Å²) in [6, 6.07) is 8.62. The van der Waals surface area contributed by atoms with E-state index in [0.29, 0.717) is 6.42 Å². The monoisotopic (exact) mass is 856 g/mol. The number of benzene rings is 2. The Balaban J connectivity index is 0. The second-order valence-electron chi connectivity index (χ2n) is 12.7. The Morgan fingerprint density at radius 1 is 0.717 bits per heavy atom. The topological polar surface area (TPSA) is 486 Å². The summed E-state index contributed by atoms with van der Waals surface area (Å²) in [5.74, 6) is -6.83. The number of aromatic nitrogens is 1. The van der Waals surface area contributed by atoms with Gasteiger partial charge in [0, 0.05) is 23.5 Å². The van der Waals surface area contributed by atoms with Gasteiger partial charge in [-0.1, -0.05) is 30.3 Å². The molecule has 0 bridgehead atoms. The molecule has 1 aromatic heterocycles. The number of nitrogens with one attached hydrogen (secondary N) is 2. The number of aliphatic carboxylic acids is 6. The van der Waals surface area contributed by atoms with Crippen LogP contribution in [0.15, 0.2) is 54.7 Å². The molecule has 3 aromatic rings. The zero-order valence-corrected chi connectivity index (χ0v) is 32.5. The van der Waals surface area contributed by atoms with Gasteiger partial charge in [0.15, 0.2) is 0 Å². The number of carboxylic acid groups (broad SMARTS) is 6. The molecule has 4 rings (SSSR count). The molecule has 1 saturated heterocycles. The van der Waals surface area contributed by atoms with Gasteiger partial charge in [0.05, 0.1) is 19.1 Å². The molecule has 1 amide bonds. The Morgan fingerprint density at radius 3 is 1.55 bits per heavy atom. The SMILES string of the molecule is CC(O)C(N)C(=O)O.NC(=O)CC(N)C(=O)O.NC(CO)C(=O)O.NC(Cc1c[nH]c2ccccc12)C(=O)O.NC(Cc1ccc(O)cc1)C(=O)O.O=C(O)[C@@H]1CCCN1. The Kier molecular flexibility index (Phi) is 27.8. The van der Waals surface area contributed by atoms with Crippen LogP contribution in [0.25, 0.3) is 10.9 Å². The third-order valence-corrected chi connectivity index (χ3v) is 7.56. The molecule has 6 unspecified atom stereocenters. The summed E-state index contributed by atoms with van der Waals surface area (Å²) >= 11 is 0. The highest BCUT2D eigenvalue weighted by Gasteiger charge is 2.20. The van der Waals surface area contributed by atoms with E-state index >= 15 is 0 Å². The van der Waals surface area contributed by atoms with Crippen molar-refractivity contribution in [2.45, 2.75) is 81.4 Å². The lowest BCUT2D eigenvalue weighted by atomic mass is 10.1. The maximum Gasteiger partial charge on any atom is 0.323 e. The quantitative estimate of drug-likeness (QED) is 0.0756. The number of hydrogen-bond acceptors (Lipinski definition) is 16. The Bertz CT molecular complexity index is 1770. The molecule has 24 nitrogen and oxygen atoms in total. The van der Waals surface area contributed by atoms with Crippen molar-refractivity contribution < 1.29 is 79.5 Å². The first-order chi connectivity index (χ1) is 27.8. The summed E-state index contributed by atoms with van der Waals surface area (Å²) in [7, 11) is 0. The molecular formula is C36H56N8O16. The van der Waals surface area contributed by atoms with Crippen LogP contribution in [0.1, 0.15) is 37.3 Å². The Morgan fingerprint density at radius 2 is 1.22 bits per heavy atom. The first-order valence-corrected chi connectivity index (χ1v) is 17.6. The summed E-state index contributed by atoms with van der Waals surface area (Å²) in [6.45, 7) is 1.69. The van der Waals surface area contributed by atoms with Crippen LogP contribution in [0, 0.1) is 0 Å². The minimum absolute atomic E-state index is 0.160. The van der Waals surface area contributed by atoms with Gasteiger partial charge in [-0.15, -0.1) is 0 Å². The number of rotatable bonds is 14. The molecule has 7 atom stereocenters. The van der Waals surface area contributed by atoms with E-state index in [2.05, 4.69) is 16.0 Å². The number of para-hydroxylation sites is 1. The molecule has 0 radical (unpaired) electrons. The van der Waals surface area contributed by atoms with Gasteiger partial charge >= 0.3 is 35.8 Å². The van der Waals surface area contributed by atoms with E-state index in [-0.39, 0.29) is 24.6 Å². The number of nitrogens with two attached hydrogens (primary N) is 6. The molecule has 0 saturated carbocycles. The van der Waals surface area contributed by atoms with Crippen LogP contribution >= 0.6 is 0 Å². The fourth-order valence-electron chi connectivity index (χ4n) is 4.08. The van der Waals surface area contributed by atoms with Gasteiger partial charge in [-0.05, 0) is 62.1 Å². The number of hydrogen-bond donors (Lipinski definition) is 17. The summed E-state index contributed by atoms with van der Waals surface area (Å²) < 4.78 is 0. The predicted octanol–water partition coefficient (Wildman–Crippen LogP) is -3.26. The van der Waals surface area contributed by atoms with Gasteiger partial charge in [0.2, 0.25) is 5.91 Å². The van der Waals surface area contributed by atoms with Crippen LogP contribution in [-0.4, -0.2) is 148 Å². The first-order valence-electron chi connectivity index (χ1n) is 17.6. The number of phenolic OH excluding ortho intramolecular Hbond substituents is 1. The highest BCUT2D eigenvalue weighted by Crippen LogP contribution is 2.18. The van der Waals surface area contributed by atoms with Gasteiger partial charge in [-0.3, -0.25) is 33.6 Å². The average Bonchev–Trinajstić information content (AvgIpc) is 3.87. The third-order valence-electron chi connectivity index (χ3n) is 7.56. The predicted molar refractivity (Wildman–Crippen MR) is 213 cm³/mol. The van der Waals surface area contributed by atoms with E-state index in [4.69, 9.17) is 74.6 Å². The molecule has 24 heteroatoms. The third kappa shape index (κ3) is 25.2. The van der Waals surface area contributed by atoms with Crippen molar-refractivity contribution in [1.29, 1.82) is 0 Å². The molecule has 1 aliphatic heterocycles. The fourth-order valence-corrected chi connectivity index (χ4v) is 4.08. The zero-order valence-electron chi connectivity index (χ0n) is 32.5. The van der Waals surface area contributed by atoms with Gasteiger partial charge in [0.25, 0.3) is 0 Å². The molecule has 60 heavy (non-hydrogen) atoms. The number of amides is 1.